The Kier molecular flexibility index (Phi) is 4.82. The number of aromatic nitrogens is 1. The van der Waals surface area contributed by atoms with Crippen molar-refractivity contribution in [2.24, 2.45) is 16.8 Å². The Labute approximate surface area is 119 Å². The lowest BCUT2D eigenvalue weighted by atomic mass is 9.85. The van der Waals surface area contributed by atoms with Crippen molar-refractivity contribution in [1.29, 1.82) is 0 Å². The first-order valence-electron chi connectivity index (χ1n) is 7.25. The maximum atomic E-state index is 8.90. The smallest absolute Gasteiger partial charge is 0.225 e. The molecule has 1 aliphatic rings. The van der Waals surface area contributed by atoms with Crippen LogP contribution >= 0.6 is 0 Å². The highest BCUT2D eigenvalue weighted by molar-refractivity contribution is 6.00. The summed E-state index contributed by atoms with van der Waals surface area (Å²) >= 11 is 0. The number of pyridine rings is 1. The molecule has 5 heteroatoms. The zero-order valence-electron chi connectivity index (χ0n) is 12.2. The molecule has 0 amide bonds. The van der Waals surface area contributed by atoms with Crippen molar-refractivity contribution in [1.82, 2.24) is 4.98 Å². The predicted molar refractivity (Wildman–Crippen MR) is 78.1 cm³/mol. The number of hydrogen-bond donors (Lipinski definition) is 2. The monoisotopic (exact) mass is 277 g/mol. The molecule has 0 aromatic carbocycles. The van der Waals surface area contributed by atoms with Gasteiger partial charge in [-0.2, -0.15) is 0 Å². The number of oxime groups is 1. The number of nitrogens with two attached hydrogens (primary N) is 1. The van der Waals surface area contributed by atoms with E-state index >= 15 is 0 Å². The number of aryl methyl sites for hydroxylation is 1. The second-order valence-corrected chi connectivity index (χ2v) is 5.47. The Hall–Kier alpha value is -1.78. The lowest BCUT2D eigenvalue weighted by Gasteiger charge is -2.29. The molecule has 20 heavy (non-hydrogen) atoms. The van der Waals surface area contributed by atoms with Crippen molar-refractivity contribution in [3.63, 3.8) is 0 Å². The molecule has 0 aliphatic heterocycles. The predicted octanol–water partition coefficient (Wildman–Crippen LogP) is 2.83. The van der Waals surface area contributed by atoms with Gasteiger partial charge in [0, 0.05) is 6.20 Å². The van der Waals surface area contributed by atoms with Crippen LogP contribution in [-0.2, 0) is 0 Å². The first kappa shape index (κ1) is 14.6. The summed E-state index contributed by atoms with van der Waals surface area (Å²) in [6.07, 6.45) is 7.63. The molecule has 1 aliphatic carbocycles. The summed E-state index contributed by atoms with van der Waals surface area (Å²) in [5.41, 5.74) is 7.22. The van der Waals surface area contributed by atoms with Gasteiger partial charge in [-0.1, -0.05) is 24.9 Å². The average Bonchev–Trinajstić information content (AvgIpc) is 2.47. The molecule has 1 saturated carbocycles. The van der Waals surface area contributed by atoms with Gasteiger partial charge in [0.05, 0.1) is 5.56 Å². The molecular formula is C15H23N3O2. The number of amidine groups is 1. The van der Waals surface area contributed by atoms with Crippen LogP contribution in [0.3, 0.4) is 0 Å². The van der Waals surface area contributed by atoms with E-state index in [1.165, 1.54) is 19.3 Å². The highest BCUT2D eigenvalue weighted by Gasteiger charge is 2.24. The summed E-state index contributed by atoms with van der Waals surface area (Å²) in [4.78, 5) is 4.26. The van der Waals surface area contributed by atoms with Gasteiger partial charge < -0.3 is 15.7 Å². The van der Waals surface area contributed by atoms with E-state index < -0.39 is 0 Å². The minimum atomic E-state index is 0.0495. The van der Waals surface area contributed by atoms with Gasteiger partial charge in [-0.3, -0.25) is 0 Å². The van der Waals surface area contributed by atoms with Crippen LogP contribution in [0.5, 0.6) is 5.88 Å². The summed E-state index contributed by atoms with van der Waals surface area (Å²) in [6.45, 7) is 4.12. The van der Waals surface area contributed by atoms with Crippen molar-refractivity contribution >= 4 is 5.84 Å². The van der Waals surface area contributed by atoms with Gasteiger partial charge in [0.15, 0.2) is 5.84 Å². The van der Waals surface area contributed by atoms with Crippen LogP contribution < -0.4 is 10.5 Å². The molecule has 0 saturated heterocycles. The summed E-state index contributed by atoms with van der Waals surface area (Å²) < 4.78 is 6.04. The highest BCUT2D eigenvalue weighted by atomic mass is 16.5. The fourth-order valence-corrected chi connectivity index (χ4v) is 2.86. The minimum absolute atomic E-state index is 0.0495. The van der Waals surface area contributed by atoms with E-state index in [4.69, 9.17) is 15.7 Å². The van der Waals surface area contributed by atoms with Crippen molar-refractivity contribution < 1.29 is 9.94 Å². The van der Waals surface area contributed by atoms with Crippen molar-refractivity contribution in [2.75, 3.05) is 0 Å². The van der Waals surface area contributed by atoms with E-state index in [2.05, 4.69) is 17.1 Å². The van der Waals surface area contributed by atoms with Crippen LogP contribution in [-0.4, -0.2) is 22.1 Å². The van der Waals surface area contributed by atoms with Crippen LogP contribution in [0, 0.1) is 12.8 Å². The molecule has 5 nitrogen and oxygen atoms in total. The van der Waals surface area contributed by atoms with Crippen molar-refractivity contribution in [3.8, 4) is 5.88 Å². The van der Waals surface area contributed by atoms with Crippen molar-refractivity contribution in [3.05, 3.63) is 23.4 Å². The summed E-state index contributed by atoms with van der Waals surface area (Å²) in [5, 5.41) is 12.0. The molecule has 2 unspecified atom stereocenters. The third kappa shape index (κ3) is 3.21. The van der Waals surface area contributed by atoms with Crippen LogP contribution in [0.25, 0.3) is 0 Å². The highest BCUT2D eigenvalue weighted by Crippen LogP contribution is 2.30. The van der Waals surface area contributed by atoms with E-state index in [-0.39, 0.29) is 11.9 Å². The fourth-order valence-electron chi connectivity index (χ4n) is 2.86. The van der Waals surface area contributed by atoms with E-state index in [0.717, 1.165) is 24.3 Å². The maximum Gasteiger partial charge on any atom is 0.225 e. The largest absolute Gasteiger partial charge is 0.474 e. The molecular weight excluding hydrogens is 254 g/mol. The quantitative estimate of drug-likeness (QED) is 0.384. The van der Waals surface area contributed by atoms with Gasteiger partial charge in [0.1, 0.15) is 6.10 Å². The van der Waals surface area contributed by atoms with Gasteiger partial charge >= 0.3 is 0 Å². The zero-order chi connectivity index (χ0) is 14.5. The SMILES string of the molecule is CCC1CCCC(Oc2nccc(C)c2/C(N)=N/O)C1. The minimum Gasteiger partial charge on any atom is -0.474 e. The van der Waals surface area contributed by atoms with Crippen LogP contribution in [0.15, 0.2) is 17.4 Å². The zero-order valence-corrected chi connectivity index (χ0v) is 12.2. The summed E-state index contributed by atoms with van der Waals surface area (Å²) in [5.74, 6) is 1.25. The normalized spacial score (nSPS) is 23.6. The van der Waals surface area contributed by atoms with Gasteiger partial charge in [0.25, 0.3) is 0 Å². The Morgan fingerprint density at radius 2 is 2.35 bits per heavy atom. The molecule has 0 bridgehead atoms. The molecule has 3 N–H and O–H groups in total. The topological polar surface area (TPSA) is 80.7 Å². The Morgan fingerprint density at radius 3 is 3.05 bits per heavy atom. The summed E-state index contributed by atoms with van der Waals surface area (Å²) in [7, 11) is 0. The fraction of sp³-hybridized carbons (Fsp3) is 0.600. The first-order valence-corrected chi connectivity index (χ1v) is 7.25. The molecule has 2 atom stereocenters. The number of hydrogen-bond acceptors (Lipinski definition) is 4. The molecule has 110 valence electrons. The molecule has 1 fully saturated rings. The van der Waals surface area contributed by atoms with E-state index in [1.807, 2.05) is 13.0 Å². The second-order valence-electron chi connectivity index (χ2n) is 5.47. The lowest BCUT2D eigenvalue weighted by molar-refractivity contribution is 0.117. The molecule has 1 aromatic heterocycles. The maximum absolute atomic E-state index is 8.90. The molecule has 0 spiro atoms. The van der Waals surface area contributed by atoms with Gasteiger partial charge in [-0.15, -0.1) is 0 Å². The Morgan fingerprint density at radius 1 is 1.55 bits per heavy atom. The van der Waals surface area contributed by atoms with Crippen LogP contribution in [0.1, 0.15) is 50.2 Å². The Bertz CT molecular complexity index is 488. The molecule has 1 heterocycles. The van der Waals surface area contributed by atoms with E-state index in [9.17, 15) is 0 Å². The van der Waals surface area contributed by atoms with E-state index in [1.54, 1.807) is 6.20 Å². The van der Waals surface area contributed by atoms with Crippen molar-refractivity contribution in [2.45, 2.75) is 52.1 Å². The van der Waals surface area contributed by atoms with Gasteiger partial charge in [0.2, 0.25) is 5.88 Å². The third-order valence-corrected chi connectivity index (χ3v) is 4.08. The molecule has 2 rings (SSSR count). The van der Waals surface area contributed by atoms with E-state index in [0.29, 0.717) is 11.4 Å². The summed E-state index contributed by atoms with van der Waals surface area (Å²) in [6, 6.07) is 1.83. The van der Waals surface area contributed by atoms with Gasteiger partial charge in [-0.25, -0.2) is 4.98 Å². The van der Waals surface area contributed by atoms with Gasteiger partial charge in [-0.05, 0) is 43.7 Å². The first-order chi connectivity index (χ1) is 9.65. The third-order valence-electron chi connectivity index (χ3n) is 4.08. The average molecular weight is 277 g/mol. The number of nitrogens with zero attached hydrogens (tertiary/aromatic N) is 2. The molecule has 1 aromatic rings. The van der Waals surface area contributed by atoms with Crippen LogP contribution in [0.2, 0.25) is 0 Å². The van der Waals surface area contributed by atoms with Crippen LogP contribution in [0.4, 0.5) is 0 Å². The standard InChI is InChI=1S/C15H23N3O2/c1-3-11-5-4-6-12(9-11)20-15-13(14(16)18-19)10(2)7-8-17-15/h7-8,11-12,19H,3-6,9H2,1-2H3,(H2,16,18). The lowest BCUT2D eigenvalue weighted by Crippen LogP contribution is -2.27. The Balaban J connectivity index is 2.19. The number of ether oxygens (including phenoxy) is 1. The second kappa shape index (κ2) is 6.59. The number of rotatable bonds is 4. The molecule has 0 radical (unpaired) electrons.